The van der Waals surface area contributed by atoms with Gasteiger partial charge >= 0.3 is 0 Å². The zero-order valence-electron chi connectivity index (χ0n) is 23.8. The molecule has 0 unspecified atom stereocenters. The van der Waals surface area contributed by atoms with Gasteiger partial charge < -0.3 is 10.2 Å². The van der Waals surface area contributed by atoms with E-state index in [2.05, 4.69) is 5.32 Å². The van der Waals surface area contributed by atoms with Crippen LogP contribution in [0.5, 0.6) is 0 Å². The van der Waals surface area contributed by atoms with Crippen LogP contribution in [-0.4, -0.2) is 43.8 Å². The van der Waals surface area contributed by atoms with Crippen LogP contribution in [-0.2, 0) is 26.2 Å². The second-order valence-electron chi connectivity index (χ2n) is 10.7. The maximum Gasteiger partial charge on any atom is 0.264 e. The van der Waals surface area contributed by atoms with Crippen LogP contribution in [0.3, 0.4) is 0 Å². The number of nitrogens with one attached hydrogen (secondary N) is 1. The van der Waals surface area contributed by atoms with Crippen molar-refractivity contribution < 1.29 is 18.0 Å². The van der Waals surface area contributed by atoms with Crippen LogP contribution >= 0.6 is 11.6 Å². The molecule has 7 nitrogen and oxygen atoms in total. The van der Waals surface area contributed by atoms with Crippen molar-refractivity contribution in [2.45, 2.75) is 76.4 Å². The Labute approximate surface area is 248 Å². The summed E-state index contributed by atoms with van der Waals surface area (Å²) in [6, 6.07) is 19.8. The highest BCUT2D eigenvalue weighted by molar-refractivity contribution is 7.92. The first-order chi connectivity index (χ1) is 19.6. The molecule has 0 spiro atoms. The number of hydrogen-bond acceptors (Lipinski definition) is 4. The topological polar surface area (TPSA) is 86.8 Å². The Morgan fingerprint density at radius 3 is 2.32 bits per heavy atom. The third kappa shape index (κ3) is 7.49. The van der Waals surface area contributed by atoms with E-state index in [1.165, 1.54) is 17.0 Å². The quantitative estimate of drug-likeness (QED) is 0.311. The highest BCUT2D eigenvalue weighted by Crippen LogP contribution is 2.29. The van der Waals surface area contributed by atoms with E-state index in [4.69, 9.17) is 11.6 Å². The summed E-state index contributed by atoms with van der Waals surface area (Å²) in [4.78, 5) is 29.1. The third-order valence-electron chi connectivity index (χ3n) is 7.82. The molecule has 1 aliphatic rings. The number of sulfonamides is 1. The Kier molecular flexibility index (Phi) is 10.1. The largest absolute Gasteiger partial charge is 0.352 e. The number of anilines is 1. The van der Waals surface area contributed by atoms with Crippen LogP contribution in [0.4, 0.5) is 5.69 Å². The molecule has 1 atom stereocenters. The molecule has 0 aliphatic heterocycles. The van der Waals surface area contributed by atoms with Crippen LogP contribution in [0, 0.1) is 13.8 Å². The number of carbonyl (C=O) groups excluding carboxylic acids is 2. The van der Waals surface area contributed by atoms with Gasteiger partial charge in [-0.3, -0.25) is 13.9 Å². The highest BCUT2D eigenvalue weighted by Gasteiger charge is 2.33. The van der Waals surface area contributed by atoms with Gasteiger partial charge in [0.25, 0.3) is 10.0 Å². The van der Waals surface area contributed by atoms with E-state index in [9.17, 15) is 18.0 Å². The van der Waals surface area contributed by atoms with E-state index in [1.807, 2.05) is 26.0 Å². The molecule has 3 aromatic carbocycles. The Morgan fingerprint density at radius 2 is 1.63 bits per heavy atom. The fourth-order valence-corrected chi connectivity index (χ4v) is 6.93. The van der Waals surface area contributed by atoms with Crippen molar-refractivity contribution in [1.82, 2.24) is 10.2 Å². The molecule has 1 N–H and O–H groups in total. The molecular weight excluding hydrogens is 558 g/mol. The molecule has 41 heavy (non-hydrogen) atoms. The van der Waals surface area contributed by atoms with Crippen molar-refractivity contribution in [2.75, 3.05) is 10.8 Å². The molecular formula is C32H38ClN3O4S. The Balaban J connectivity index is 1.70. The fraction of sp³-hybridized carbons (Fsp3) is 0.375. The number of nitrogens with zero attached hydrogens (tertiary/aromatic N) is 2. The van der Waals surface area contributed by atoms with Crippen molar-refractivity contribution in [1.29, 1.82) is 0 Å². The average Bonchev–Trinajstić information content (AvgIpc) is 2.97. The monoisotopic (exact) mass is 595 g/mol. The number of rotatable bonds is 10. The predicted molar refractivity (Wildman–Crippen MR) is 163 cm³/mol. The molecule has 2 amide bonds. The lowest BCUT2D eigenvalue weighted by atomic mass is 9.95. The zero-order chi connectivity index (χ0) is 29.6. The van der Waals surface area contributed by atoms with Crippen LogP contribution in [0.15, 0.2) is 77.7 Å². The highest BCUT2D eigenvalue weighted by atomic mass is 35.5. The SMILES string of the molecule is Cc1cccc(N(CC(=O)N(Cc2cccc(Cl)c2)[C@H](C)C(=O)NC2CCCCC2)S(=O)(=O)c2ccccc2)c1C. The molecule has 1 aliphatic carbocycles. The van der Waals surface area contributed by atoms with E-state index < -0.39 is 28.5 Å². The number of aryl methyl sites for hydroxylation is 1. The van der Waals surface area contributed by atoms with Crippen LogP contribution in [0.1, 0.15) is 55.7 Å². The van der Waals surface area contributed by atoms with Crippen LogP contribution in [0.2, 0.25) is 5.02 Å². The Morgan fingerprint density at radius 1 is 0.951 bits per heavy atom. The summed E-state index contributed by atoms with van der Waals surface area (Å²) in [6.07, 6.45) is 5.11. The zero-order valence-corrected chi connectivity index (χ0v) is 25.4. The molecule has 9 heteroatoms. The molecule has 1 saturated carbocycles. The van der Waals surface area contributed by atoms with Gasteiger partial charge in [-0.05, 0) is 80.6 Å². The number of halogens is 1. The van der Waals surface area contributed by atoms with Gasteiger partial charge in [-0.1, -0.05) is 73.3 Å². The Hall–Kier alpha value is -3.36. The van der Waals surface area contributed by atoms with Crippen LogP contribution < -0.4 is 9.62 Å². The van der Waals surface area contributed by atoms with E-state index in [0.29, 0.717) is 10.7 Å². The number of carbonyl (C=O) groups is 2. The van der Waals surface area contributed by atoms with E-state index in [1.54, 1.807) is 55.5 Å². The van der Waals surface area contributed by atoms with Crippen molar-refractivity contribution in [3.8, 4) is 0 Å². The van der Waals surface area contributed by atoms with Crippen molar-refractivity contribution in [3.63, 3.8) is 0 Å². The summed E-state index contributed by atoms with van der Waals surface area (Å²) in [5.74, 6) is -0.742. The van der Waals surface area contributed by atoms with Gasteiger partial charge in [-0.2, -0.15) is 0 Å². The first-order valence-electron chi connectivity index (χ1n) is 14.1. The van der Waals surface area contributed by atoms with Crippen molar-refractivity contribution >= 4 is 39.1 Å². The van der Waals surface area contributed by atoms with E-state index in [0.717, 1.165) is 53.1 Å². The molecule has 0 aromatic heterocycles. The van der Waals surface area contributed by atoms with Gasteiger partial charge in [-0.25, -0.2) is 8.42 Å². The van der Waals surface area contributed by atoms with Crippen molar-refractivity contribution in [3.05, 3.63) is 94.5 Å². The molecule has 3 aromatic rings. The summed E-state index contributed by atoms with van der Waals surface area (Å²) in [6.45, 7) is 5.06. The Bertz CT molecular complexity index is 1470. The smallest absolute Gasteiger partial charge is 0.264 e. The van der Waals surface area contributed by atoms with Crippen molar-refractivity contribution in [2.24, 2.45) is 0 Å². The first-order valence-corrected chi connectivity index (χ1v) is 15.9. The summed E-state index contributed by atoms with van der Waals surface area (Å²) < 4.78 is 29.1. The summed E-state index contributed by atoms with van der Waals surface area (Å²) in [5, 5.41) is 3.63. The third-order valence-corrected chi connectivity index (χ3v) is 9.82. The minimum absolute atomic E-state index is 0.0757. The molecule has 0 radical (unpaired) electrons. The van der Waals surface area contributed by atoms with Gasteiger partial charge in [0.1, 0.15) is 12.6 Å². The maximum atomic E-state index is 14.1. The molecule has 0 heterocycles. The lowest BCUT2D eigenvalue weighted by Crippen LogP contribution is -2.53. The minimum Gasteiger partial charge on any atom is -0.352 e. The second-order valence-corrected chi connectivity index (χ2v) is 13.0. The fourth-order valence-electron chi connectivity index (χ4n) is 5.22. The van der Waals surface area contributed by atoms with Gasteiger partial charge in [0.15, 0.2) is 0 Å². The van der Waals surface area contributed by atoms with Crippen LogP contribution in [0.25, 0.3) is 0 Å². The number of amides is 2. The molecule has 1 fully saturated rings. The summed E-state index contributed by atoms with van der Waals surface area (Å²) in [5.41, 5.74) is 2.82. The molecule has 4 rings (SSSR count). The average molecular weight is 596 g/mol. The maximum absolute atomic E-state index is 14.1. The van der Waals surface area contributed by atoms with Gasteiger partial charge in [-0.15, -0.1) is 0 Å². The lowest BCUT2D eigenvalue weighted by Gasteiger charge is -2.33. The van der Waals surface area contributed by atoms with E-state index >= 15 is 0 Å². The first kappa shape index (κ1) is 30.6. The number of benzene rings is 3. The van der Waals surface area contributed by atoms with Gasteiger partial charge in [0.05, 0.1) is 10.6 Å². The van der Waals surface area contributed by atoms with Gasteiger partial charge in [0.2, 0.25) is 11.8 Å². The lowest BCUT2D eigenvalue weighted by molar-refractivity contribution is -0.139. The normalized spacial score (nSPS) is 14.7. The molecule has 218 valence electrons. The standard InChI is InChI=1S/C32H38ClN3O4S/c1-23-12-10-19-30(24(23)2)36(41(39,40)29-17-8-5-9-18-29)22-31(37)35(21-26-13-11-14-27(33)20-26)25(3)32(38)34-28-15-6-4-7-16-28/h5,8-14,17-20,25,28H,4,6-7,15-16,21-22H2,1-3H3,(H,34,38)/t25-/m1/s1. The summed E-state index contributed by atoms with van der Waals surface area (Å²) >= 11 is 6.23. The van der Waals surface area contributed by atoms with E-state index in [-0.39, 0.29) is 23.4 Å². The summed E-state index contributed by atoms with van der Waals surface area (Å²) in [7, 11) is -4.11. The second kappa shape index (κ2) is 13.5. The molecule has 0 bridgehead atoms. The number of hydrogen-bond donors (Lipinski definition) is 1. The predicted octanol–water partition coefficient (Wildman–Crippen LogP) is 6.02. The molecule has 0 saturated heterocycles. The minimum atomic E-state index is -4.11. The van der Waals surface area contributed by atoms with Gasteiger partial charge in [0, 0.05) is 17.6 Å².